The molecule has 2 rings (SSSR count). The van der Waals surface area contributed by atoms with Gasteiger partial charge in [0.25, 0.3) is 5.69 Å². The maximum Gasteiger partial charge on any atom is 0.314 e. The Morgan fingerprint density at radius 3 is 2.64 bits per heavy atom. The minimum Gasteiger partial charge on any atom is -0.460 e. The monoisotopic (exact) mass is 359 g/mol. The van der Waals surface area contributed by atoms with Crippen LogP contribution in [0.2, 0.25) is 5.02 Å². The third kappa shape index (κ3) is 5.86. The number of carbonyl (C=O) groups excluding carboxylic acids is 2. The zero-order valence-corrected chi connectivity index (χ0v) is 13.8. The number of carbonyl (C=O) groups is 2. The van der Waals surface area contributed by atoms with E-state index in [1.54, 1.807) is 30.3 Å². The molecule has 0 aromatic heterocycles. The summed E-state index contributed by atoms with van der Waals surface area (Å²) in [4.78, 5) is 33.6. The summed E-state index contributed by atoms with van der Waals surface area (Å²) in [6, 6.07) is 12.7. The van der Waals surface area contributed by atoms with Gasteiger partial charge in [-0.05, 0) is 17.7 Å². The number of ether oxygens (including phenoxy) is 1. The number of non-ortho nitro benzene ring substituents is 1. The summed E-state index contributed by atoms with van der Waals surface area (Å²) >= 11 is 5.95. The number of allylic oxidation sites excluding steroid dienone is 1. The molecule has 2 aromatic rings. The Labute approximate surface area is 148 Å². The van der Waals surface area contributed by atoms with E-state index in [4.69, 9.17) is 16.3 Å². The van der Waals surface area contributed by atoms with Crippen LogP contribution in [-0.2, 0) is 20.9 Å². The quantitative estimate of drug-likeness (QED) is 0.245. The summed E-state index contributed by atoms with van der Waals surface area (Å²) in [6.07, 6.45) is 2.18. The van der Waals surface area contributed by atoms with Gasteiger partial charge in [0.1, 0.15) is 13.0 Å². The molecule has 7 heteroatoms. The van der Waals surface area contributed by atoms with Gasteiger partial charge in [0.2, 0.25) is 0 Å². The second kappa shape index (κ2) is 8.75. The number of nitrogens with zero attached hydrogens (tertiary/aromatic N) is 1. The van der Waals surface area contributed by atoms with Crippen LogP contribution in [0.1, 0.15) is 17.5 Å². The lowest BCUT2D eigenvalue weighted by Crippen LogP contribution is -2.09. The molecule has 0 radical (unpaired) electrons. The smallest absolute Gasteiger partial charge is 0.314 e. The van der Waals surface area contributed by atoms with Crippen LogP contribution in [0, 0.1) is 10.1 Å². The number of esters is 1. The molecule has 0 atom stereocenters. The van der Waals surface area contributed by atoms with Crippen LogP contribution in [0.15, 0.2) is 54.6 Å². The van der Waals surface area contributed by atoms with Crippen molar-refractivity contribution in [3.05, 3.63) is 80.9 Å². The van der Waals surface area contributed by atoms with Crippen molar-refractivity contribution >= 4 is 35.1 Å². The molecule has 0 bridgehead atoms. The predicted molar refractivity (Wildman–Crippen MR) is 93.0 cm³/mol. The van der Waals surface area contributed by atoms with Gasteiger partial charge < -0.3 is 4.74 Å². The number of nitro benzene ring substituents is 1. The molecular weight excluding hydrogens is 346 g/mol. The SMILES string of the molecule is O=C(C=Cc1cccc([N+](=O)[O-])c1)CC(=O)OCc1ccccc1Cl. The standard InChI is InChI=1S/C18H14ClNO5/c19-17-7-2-1-5-14(17)12-25-18(22)11-16(21)9-8-13-4-3-6-15(10-13)20(23)24/h1-10H,11-12H2. The Morgan fingerprint density at radius 2 is 1.92 bits per heavy atom. The maximum atomic E-state index is 11.8. The lowest BCUT2D eigenvalue weighted by Gasteiger charge is -2.05. The zero-order chi connectivity index (χ0) is 18.2. The lowest BCUT2D eigenvalue weighted by molar-refractivity contribution is -0.384. The Balaban J connectivity index is 1.87. The van der Waals surface area contributed by atoms with Crippen LogP contribution in [0.3, 0.4) is 0 Å². The second-order valence-electron chi connectivity index (χ2n) is 5.08. The van der Waals surface area contributed by atoms with Gasteiger partial charge in [0.15, 0.2) is 5.78 Å². The number of hydrogen-bond donors (Lipinski definition) is 0. The van der Waals surface area contributed by atoms with Crippen molar-refractivity contribution in [1.29, 1.82) is 0 Å². The highest BCUT2D eigenvalue weighted by molar-refractivity contribution is 6.31. The third-order valence-corrected chi connectivity index (χ3v) is 3.58. The van der Waals surface area contributed by atoms with Gasteiger partial charge in [-0.25, -0.2) is 0 Å². The number of hydrogen-bond acceptors (Lipinski definition) is 5. The Kier molecular flexibility index (Phi) is 6.42. The Hall–Kier alpha value is -2.99. The van der Waals surface area contributed by atoms with E-state index in [1.165, 1.54) is 30.4 Å². The van der Waals surface area contributed by atoms with E-state index >= 15 is 0 Å². The average Bonchev–Trinajstić information content (AvgIpc) is 2.59. The third-order valence-electron chi connectivity index (χ3n) is 3.21. The van der Waals surface area contributed by atoms with Crippen molar-refractivity contribution in [2.45, 2.75) is 13.0 Å². The molecule has 0 aliphatic rings. The largest absolute Gasteiger partial charge is 0.460 e. The van der Waals surface area contributed by atoms with Crippen LogP contribution in [0.4, 0.5) is 5.69 Å². The molecule has 6 nitrogen and oxygen atoms in total. The summed E-state index contributed by atoms with van der Waals surface area (Å²) in [5.74, 6) is -1.13. The normalized spacial score (nSPS) is 10.6. The molecule has 0 saturated heterocycles. The summed E-state index contributed by atoms with van der Waals surface area (Å²) in [7, 11) is 0. The number of benzene rings is 2. The highest BCUT2D eigenvalue weighted by Crippen LogP contribution is 2.16. The minimum absolute atomic E-state index is 0.0135. The number of halogens is 1. The van der Waals surface area contributed by atoms with Crippen molar-refractivity contribution in [1.82, 2.24) is 0 Å². The number of rotatable bonds is 7. The summed E-state index contributed by atoms with van der Waals surface area (Å²) in [5.41, 5.74) is 1.07. The molecular formula is C18H14ClNO5. The topological polar surface area (TPSA) is 86.5 Å². The van der Waals surface area contributed by atoms with Gasteiger partial charge in [-0.15, -0.1) is 0 Å². The fourth-order valence-electron chi connectivity index (χ4n) is 1.96. The molecule has 0 aliphatic heterocycles. The van der Waals surface area contributed by atoms with Crippen molar-refractivity contribution in [2.24, 2.45) is 0 Å². The van der Waals surface area contributed by atoms with Crippen LogP contribution >= 0.6 is 11.6 Å². The van der Waals surface area contributed by atoms with Crippen molar-refractivity contribution in [3.8, 4) is 0 Å². The van der Waals surface area contributed by atoms with Crippen molar-refractivity contribution in [2.75, 3.05) is 0 Å². The maximum absolute atomic E-state index is 11.8. The molecule has 0 unspecified atom stereocenters. The van der Waals surface area contributed by atoms with E-state index in [-0.39, 0.29) is 12.3 Å². The van der Waals surface area contributed by atoms with E-state index in [9.17, 15) is 19.7 Å². The van der Waals surface area contributed by atoms with E-state index in [0.717, 1.165) is 0 Å². The first-order valence-electron chi connectivity index (χ1n) is 7.30. The molecule has 25 heavy (non-hydrogen) atoms. The van der Waals surface area contributed by atoms with E-state index in [1.807, 2.05) is 0 Å². The molecule has 0 heterocycles. The first-order chi connectivity index (χ1) is 12.0. The summed E-state index contributed by atoms with van der Waals surface area (Å²) in [6.45, 7) is -0.0135. The average molecular weight is 360 g/mol. The molecule has 0 aliphatic carbocycles. The van der Waals surface area contributed by atoms with E-state index in [0.29, 0.717) is 16.1 Å². The highest BCUT2D eigenvalue weighted by atomic mass is 35.5. The predicted octanol–water partition coefficient (Wildman–Crippen LogP) is 3.96. The van der Waals surface area contributed by atoms with Gasteiger partial charge in [-0.3, -0.25) is 19.7 Å². The first-order valence-corrected chi connectivity index (χ1v) is 7.68. The number of nitro groups is 1. The van der Waals surface area contributed by atoms with Gasteiger partial charge in [-0.1, -0.05) is 48.0 Å². The fraction of sp³-hybridized carbons (Fsp3) is 0.111. The van der Waals surface area contributed by atoms with E-state index < -0.39 is 23.1 Å². The van der Waals surface area contributed by atoms with Crippen molar-refractivity contribution in [3.63, 3.8) is 0 Å². The molecule has 0 spiro atoms. The molecule has 2 aromatic carbocycles. The van der Waals surface area contributed by atoms with Crippen LogP contribution in [0.5, 0.6) is 0 Å². The molecule has 0 fully saturated rings. The molecule has 0 N–H and O–H groups in total. The Bertz CT molecular complexity index is 832. The summed E-state index contributed by atoms with van der Waals surface area (Å²) in [5, 5.41) is 11.2. The van der Waals surface area contributed by atoms with Crippen molar-refractivity contribution < 1.29 is 19.2 Å². The van der Waals surface area contributed by atoms with Gasteiger partial charge in [0.05, 0.1) is 4.92 Å². The number of ketones is 1. The van der Waals surface area contributed by atoms with Crippen LogP contribution in [-0.4, -0.2) is 16.7 Å². The molecule has 0 saturated carbocycles. The highest BCUT2D eigenvalue weighted by Gasteiger charge is 2.10. The van der Waals surface area contributed by atoms with E-state index in [2.05, 4.69) is 0 Å². The van der Waals surface area contributed by atoms with Gasteiger partial charge in [-0.2, -0.15) is 0 Å². The second-order valence-corrected chi connectivity index (χ2v) is 5.49. The van der Waals surface area contributed by atoms with Crippen LogP contribution < -0.4 is 0 Å². The summed E-state index contributed by atoms with van der Waals surface area (Å²) < 4.78 is 5.01. The van der Waals surface area contributed by atoms with Crippen LogP contribution in [0.25, 0.3) is 6.08 Å². The first kappa shape index (κ1) is 18.4. The Morgan fingerprint density at radius 1 is 1.16 bits per heavy atom. The van der Waals surface area contributed by atoms with Gasteiger partial charge >= 0.3 is 5.97 Å². The molecule has 128 valence electrons. The zero-order valence-electron chi connectivity index (χ0n) is 13.1. The van der Waals surface area contributed by atoms with Gasteiger partial charge in [0, 0.05) is 22.7 Å². The lowest BCUT2D eigenvalue weighted by atomic mass is 10.1. The minimum atomic E-state index is -0.673. The fourth-order valence-corrected chi connectivity index (χ4v) is 2.15. The molecule has 0 amide bonds.